The van der Waals surface area contributed by atoms with Crippen molar-refractivity contribution in [1.82, 2.24) is 0 Å². The van der Waals surface area contributed by atoms with Crippen LogP contribution in [0.3, 0.4) is 0 Å². The second kappa shape index (κ2) is 7.02. The Morgan fingerprint density at radius 2 is 1.71 bits per heavy atom. The molecule has 3 rings (SSSR count). The van der Waals surface area contributed by atoms with Crippen molar-refractivity contribution < 1.29 is 14.3 Å². The molecule has 1 saturated carbocycles. The zero-order valence-electron chi connectivity index (χ0n) is 14.9. The molecule has 1 unspecified atom stereocenters. The van der Waals surface area contributed by atoms with Gasteiger partial charge in [-0.2, -0.15) is 0 Å². The van der Waals surface area contributed by atoms with Crippen LogP contribution in [0.1, 0.15) is 53.9 Å². The molecule has 128 valence electrons. The van der Waals surface area contributed by atoms with Gasteiger partial charge in [0.15, 0.2) is 11.6 Å². The van der Waals surface area contributed by atoms with Crippen LogP contribution in [0.4, 0.5) is 0 Å². The largest absolute Gasteiger partial charge is 0.381 e. The average Bonchev–Trinajstić information content (AvgIpc) is 2.81. The van der Waals surface area contributed by atoms with Gasteiger partial charge in [0.1, 0.15) is 5.92 Å². The number of benzene rings is 1. The van der Waals surface area contributed by atoms with Gasteiger partial charge in [-0.1, -0.05) is 23.8 Å². The van der Waals surface area contributed by atoms with Crippen LogP contribution >= 0.6 is 0 Å². The van der Waals surface area contributed by atoms with Crippen molar-refractivity contribution in [2.24, 2.45) is 5.92 Å². The molecular formula is C21H26O3. The van der Waals surface area contributed by atoms with Crippen LogP contribution in [0.25, 0.3) is 0 Å². The van der Waals surface area contributed by atoms with E-state index < -0.39 is 5.92 Å². The molecule has 1 aromatic carbocycles. The molecule has 3 nitrogen and oxygen atoms in total. The Morgan fingerprint density at radius 1 is 1.08 bits per heavy atom. The van der Waals surface area contributed by atoms with Crippen molar-refractivity contribution in [1.29, 1.82) is 0 Å². The molecule has 1 saturated heterocycles. The summed E-state index contributed by atoms with van der Waals surface area (Å²) < 4.78 is 5.38. The Labute approximate surface area is 144 Å². The fourth-order valence-electron chi connectivity index (χ4n) is 4.11. The molecule has 24 heavy (non-hydrogen) atoms. The number of aryl methyl sites for hydroxylation is 3. The topological polar surface area (TPSA) is 43.4 Å². The van der Waals surface area contributed by atoms with E-state index in [0.29, 0.717) is 12.3 Å². The Bertz CT molecular complexity index is 670. The molecule has 1 aliphatic carbocycles. The quantitative estimate of drug-likeness (QED) is 0.623. The highest BCUT2D eigenvalue weighted by Gasteiger charge is 2.39. The molecule has 0 spiro atoms. The molecule has 1 heterocycles. The van der Waals surface area contributed by atoms with Crippen LogP contribution in [0, 0.1) is 26.7 Å². The number of hydrogen-bond donors (Lipinski definition) is 0. The van der Waals surface area contributed by atoms with Gasteiger partial charge in [0.25, 0.3) is 0 Å². The van der Waals surface area contributed by atoms with Gasteiger partial charge in [0.2, 0.25) is 0 Å². The zero-order chi connectivity index (χ0) is 17.3. The van der Waals surface area contributed by atoms with Crippen molar-refractivity contribution >= 4 is 11.6 Å². The van der Waals surface area contributed by atoms with E-state index in [1.807, 2.05) is 26.8 Å². The van der Waals surface area contributed by atoms with Gasteiger partial charge in [-0.05, 0) is 68.2 Å². The number of carbonyl (C=O) groups is 2. The monoisotopic (exact) mass is 326 g/mol. The number of ketones is 2. The fourth-order valence-corrected chi connectivity index (χ4v) is 4.11. The molecule has 2 fully saturated rings. The fraction of sp³-hybridized carbons (Fsp3) is 0.524. The molecule has 2 aliphatic rings. The summed E-state index contributed by atoms with van der Waals surface area (Å²) in [6.45, 7) is 7.66. The summed E-state index contributed by atoms with van der Waals surface area (Å²) in [7, 11) is 0. The summed E-state index contributed by atoms with van der Waals surface area (Å²) in [6, 6.07) is 4.12. The smallest absolute Gasteiger partial charge is 0.173 e. The van der Waals surface area contributed by atoms with E-state index in [1.165, 1.54) is 5.56 Å². The molecular weight excluding hydrogens is 300 g/mol. The zero-order valence-corrected chi connectivity index (χ0v) is 14.9. The van der Waals surface area contributed by atoms with E-state index in [1.54, 1.807) is 0 Å². The first-order chi connectivity index (χ1) is 11.5. The molecule has 1 aromatic rings. The highest BCUT2D eigenvalue weighted by molar-refractivity contribution is 6.23. The third-order valence-corrected chi connectivity index (χ3v) is 5.33. The van der Waals surface area contributed by atoms with Gasteiger partial charge in [0.05, 0.1) is 0 Å². The molecule has 1 aliphatic heterocycles. The first-order valence-electron chi connectivity index (χ1n) is 8.89. The minimum atomic E-state index is -0.591. The van der Waals surface area contributed by atoms with Crippen molar-refractivity contribution in [2.75, 3.05) is 13.2 Å². The van der Waals surface area contributed by atoms with Crippen molar-refractivity contribution in [2.45, 2.75) is 52.4 Å². The molecule has 0 amide bonds. The standard InChI is InChI=1S/C21H26O3/c1-13-10-14(2)19(15(3)11-13)20-18(22)12-17(21(20)23)5-4-16-6-8-24-9-7-16/h5,10-11,16,20H,4,6-9,12H2,1-3H3/b17-5+. The summed E-state index contributed by atoms with van der Waals surface area (Å²) in [5, 5.41) is 0. The first kappa shape index (κ1) is 17.1. The molecule has 0 aromatic heterocycles. The van der Waals surface area contributed by atoms with E-state index in [2.05, 4.69) is 12.1 Å². The Hall–Kier alpha value is -1.74. The maximum Gasteiger partial charge on any atom is 0.173 e. The predicted octanol–water partition coefficient (Wildman–Crippen LogP) is 3.98. The maximum absolute atomic E-state index is 12.9. The lowest BCUT2D eigenvalue weighted by Gasteiger charge is -2.20. The summed E-state index contributed by atoms with van der Waals surface area (Å²) >= 11 is 0. The van der Waals surface area contributed by atoms with Gasteiger partial charge in [-0.15, -0.1) is 0 Å². The molecule has 0 N–H and O–H groups in total. The maximum atomic E-state index is 12.9. The summed E-state index contributed by atoms with van der Waals surface area (Å²) in [5.74, 6) is 0.0537. The average molecular weight is 326 g/mol. The second-order valence-corrected chi connectivity index (χ2v) is 7.27. The van der Waals surface area contributed by atoms with Gasteiger partial charge in [-0.3, -0.25) is 9.59 Å². The lowest BCUT2D eigenvalue weighted by Crippen LogP contribution is -2.16. The molecule has 0 bridgehead atoms. The van der Waals surface area contributed by atoms with E-state index in [4.69, 9.17) is 4.74 Å². The minimum Gasteiger partial charge on any atom is -0.381 e. The third kappa shape index (κ3) is 3.36. The first-order valence-corrected chi connectivity index (χ1v) is 8.89. The van der Waals surface area contributed by atoms with E-state index in [0.717, 1.165) is 54.7 Å². The van der Waals surface area contributed by atoms with E-state index >= 15 is 0 Å². The van der Waals surface area contributed by atoms with Gasteiger partial charge in [-0.25, -0.2) is 0 Å². The van der Waals surface area contributed by atoms with Crippen LogP contribution in [-0.2, 0) is 14.3 Å². The van der Waals surface area contributed by atoms with Crippen molar-refractivity contribution in [3.8, 4) is 0 Å². The Morgan fingerprint density at radius 3 is 2.33 bits per heavy atom. The van der Waals surface area contributed by atoms with Crippen molar-refractivity contribution in [3.05, 3.63) is 46.0 Å². The van der Waals surface area contributed by atoms with Crippen LogP contribution in [-0.4, -0.2) is 24.8 Å². The van der Waals surface area contributed by atoms with Crippen LogP contribution in [0.2, 0.25) is 0 Å². The Balaban J connectivity index is 1.82. The highest BCUT2D eigenvalue weighted by Crippen LogP contribution is 2.36. The van der Waals surface area contributed by atoms with Gasteiger partial charge >= 0.3 is 0 Å². The minimum absolute atomic E-state index is 0.0158. The third-order valence-electron chi connectivity index (χ3n) is 5.33. The lowest BCUT2D eigenvalue weighted by atomic mass is 9.87. The Kier molecular flexibility index (Phi) is 5.00. The number of allylic oxidation sites excluding steroid dienone is 2. The number of carbonyl (C=O) groups excluding carboxylic acids is 2. The van der Waals surface area contributed by atoms with Crippen LogP contribution in [0.5, 0.6) is 0 Å². The number of Topliss-reactive ketones (excluding diaryl/α,β-unsaturated/α-hetero) is 2. The SMILES string of the molecule is Cc1cc(C)c(C2C(=O)C/C(=C\CC3CCOCC3)C2=O)c(C)c1. The van der Waals surface area contributed by atoms with E-state index in [-0.39, 0.29) is 11.6 Å². The summed E-state index contributed by atoms with van der Waals surface area (Å²) in [4.78, 5) is 25.4. The normalized spacial score (nSPS) is 24.1. The molecule has 0 radical (unpaired) electrons. The highest BCUT2D eigenvalue weighted by atomic mass is 16.5. The number of hydrogen-bond acceptors (Lipinski definition) is 3. The van der Waals surface area contributed by atoms with Gasteiger partial charge in [0, 0.05) is 19.6 Å². The van der Waals surface area contributed by atoms with Crippen molar-refractivity contribution in [3.63, 3.8) is 0 Å². The summed E-state index contributed by atoms with van der Waals surface area (Å²) in [5.41, 5.74) is 4.90. The summed E-state index contributed by atoms with van der Waals surface area (Å²) in [6.07, 6.45) is 5.29. The van der Waals surface area contributed by atoms with E-state index in [9.17, 15) is 9.59 Å². The van der Waals surface area contributed by atoms with Crippen LogP contribution in [0.15, 0.2) is 23.8 Å². The second-order valence-electron chi connectivity index (χ2n) is 7.27. The number of ether oxygens (including phenoxy) is 1. The van der Waals surface area contributed by atoms with Gasteiger partial charge < -0.3 is 4.74 Å². The molecule has 1 atom stereocenters. The number of rotatable bonds is 3. The molecule has 3 heteroatoms. The predicted molar refractivity (Wildman–Crippen MR) is 94.3 cm³/mol. The lowest BCUT2D eigenvalue weighted by molar-refractivity contribution is -0.123. The van der Waals surface area contributed by atoms with Crippen LogP contribution < -0.4 is 0 Å².